The van der Waals surface area contributed by atoms with Gasteiger partial charge in [-0.3, -0.25) is 24.2 Å². The third kappa shape index (κ3) is 9.39. The Hall–Kier alpha value is -5.59. The van der Waals surface area contributed by atoms with Gasteiger partial charge in [0, 0.05) is 37.1 Å². The van der Waals surface area contributed by atoms with E-state index in [2.05, 4.69) is 36.1 Å². The van der Waals surface area contributed by atoms with Gasteiger partial charge in [0.05, 0.1) is 24.3 Å². The summed E-state index contributed by atoms with van der Waals surface area (Å²) in [7, 11) is 0. The number of pyridine rings is 1. The third-order valence-corrected chi connectivity index (χ3v) is 8.15. The minimum atomic E-state index is -5.77. The number of likely N-dealkylation sites (tertiary alicyclic amines) is 1. The first kappa shape index (κ1) is 37.7. The zero-order valence-electron chi connectivity index (χ0n) is 26.9. The molecule has 6 rings (SSSR count). The van der Waals surface area contributed by atoms with Crippen molar-refractivity contribution in [3.8, 4) is 0 Å². The first-order chi connectivity index (χ1) is 24.5. The van der Waals surface area contributed by atoms with Gasteiger partial charge in [-0.15, -0.1) is 0 Å². The first-order valence-corrected chi connectivity index (χ1v) is 15.7. The van der Waals surface area contributed by atoms with Crippen molar-refractivity contribution in [2.75, 3.05) is 29.0 Å². The smallest absolute Gasteiger partial charge is 0.361 e. The van der Waals surface area contributed by atoms with Gasteiger partial charge in [-0.1, -0.05) is 16.8 Å². The second kappa shape index (κ2) is 15.3. The lowest BCUT2D eigenvalue weighted by molar-refractivity contribution is -0.193. The summed E-state index contributed by atoms with van der Waals surface area (Å²) in [5, 5.41) is 13.6. The standard InChI is InChI=1S/C28H27ClN8O3.C4F6O2/c1-16-22(13-32-40-16)27(39)37-7-6-18(15-37)9-25(38)35-24-5-4-20-10-19(24)3-2-17-8-21(12-30-11-17)34-28-31-14-23(29)26(33-20)36-28;5-3(6,7)1(11)2(12)4(8,9)10/h4-5,8,10-14,18H,2-3,6-7,9,15H2,1H3,(H,35,38)(H2,31,33,34,36);/t18-;/m1./s1. The molecule has 5 heterocycles. The topological polar surface area (TPSA) is 172 Å². The van der Waals surface area contributed by atoms with Crippen molar-refractivity contribution in [3.05, 3.63) is 76.5 Å². The summed E-state index contributed by atoms with van der Waals surface area (Å²) >= 11 is 6.36. The maximum atomic E-state index is 13.1. The van der Waals surface area contributed by atoms with Gasteiger partial charge in [-0.25, -0.2) is 4.98 Å². The second-order valence-electron chi connectivity index (χ2n) is 11.7. The fraction of sp³-hybridized carbons (Fsp3) is 0.312. The molecule has 6 bridgehead atoms. The Labute approximate surface area is 295 Å². The van der Waals surface area contributed by atoms with E-state index in [-0.39, 0.29) is 17.7 Å². The molecule has 274 valence electrons. The van der Waals surface area contributed by atoms with Crippen LogP contribution in [0, 0.1) is 12.8 Å². The van der Waals surface area contributed by atoms with Gasteiger partial charge in [-0.05, 0) is 67.5 Å². The molecule has 0 radical (unpaired) electrons. The first-order valence-electron chi connectivity index (χ1n) is 15.3. The number of Topliss-reactive ketones (excluding diaryl/α,β-unsaturated/α-hetero) is 2. The lowest BCUT2D eigenvalue weighted by atomic mass is 10.0. The molecule has 3 N–H and O–H groups in total. The number of hydrogen-bond donors (Lipinski definition) is 3. The van der Waals surface area contributed by atoms with Gasteiger partial charge in [-0.2, -0.15) is 31.3 Å². The molecule has 13 nitrogen and oxygen atoms in total. The number of carbonyl (C=O) groups excluding carboxylic acids is 4. The number of amides is 2. The molecule has 0 aliphatic carbocycles. The molecule has 1 saturated heterocycles. The number of benzene rings is 1. The van der Waals surface area contributed by atoms with Crippen molar-refractivity contribution in [3.63, 3.8) is 0 Å². The predicted octanol–water partition coefficient (Wildman–Crippen LogP) is 6.15. The minimum Gasteiger partial charge on any atom is -0.361 e. The van der Waals surface area contributed by atoms with Crippen molar-refractivity contribution in [2.45, 2.75) is 45.0 Å². The summed E-state index contributed by atoms with van der Waals surface area (Å²) in [5.41, 5.74) is 4.77. The van der Waals surface area contributed by atoms with E-state index in [9.17, 15) is 45.5 Å². The third-order valence-electron chi connectivity index (χ3n) is 7.87. The van der Waals surface area contributed by atoms with Crippen LogP contribution in [0.5, 0.6) is 0 Å². The maximum absolute atomic E-state index is 13.1. The van der Waals surface area contributed by atoms with Crippen LogP contribution in [0.1, 0.15) is 40.1 Å². The van der Waals surface area contributed by atoms with Crippen LogP contribution in [0.3, 0.4) is 0 Å². The Bertz CT molecular complexity index is 1980. The van der Waals surface area contributed by atoms with Crippen LogP contribution in [0.25, 0.3) is 0 Å². The Morgan fingerprint density at radius 2 is 1.69 bits per heavy atom. The lowest BCUT2D eigenvalue weighted by Gasteiger charge is -2.17. The number of aryl methyl sites for hydroxylation is 3. The summed E-state index contributed by atoms with van der Waals surface area (Å²) in [6.45, 7) is 2.84. The predicted molar refractivity (Wildman–Crippen MR) is 172 cm³/mol. The van der Waals surface area contributed by atoms with Gasteiger partial charge < -0.3 is 25.4 Å². The average molecular weight is 753 g/mol. The number of aromatic nitrogens is 4. The number of rotatable bonds is 5. The van der Waals surface area contributed by atoms with Crippen LogP contribution in [-0.2, 0) is 27.2 Å². The van der Waals surface area contributed by atoms with Crippen LogP contribution in [-0.4, -0.2) is 73.8 Å². The highest BCUT2D eigenvalue weighted by atomic mass is 35.5. The van der Waals surface area contributed by atoms with Crippen LogP contribution in [0.2, 0.25) is 5.02 Å². The SMILES string of the molecule is Cc1oncc1C(=O)N1CC[C@H](CC(=O)Nc2ccc3cc2CCc2cncc(c2)Nc2ncc(Cl)c(n2)N3)C1.O=C(C(=O)C(F)(F)F)C(F)(F)F. The molecule has 1 atom stereocenters. The number of carbonyl (C=O) groups is 4. The quantitative estimate of drug-likeness (QED) is 0.158. The molecule has 1 aromatic carbocycles. The van der Waals surface area contributed by atoms with Crippen molar-refractivity contribution in [2.24, 2.45) is 5.92 Å². The fourth-order valence-corrected chi connectivity index (χ4v) is 5.47. The number of fused-ring (bicyclic) bond motifs is 6. The number of alkyl halides is 6. The summed E-state index contributed by atoms with van der Waals surface area (Å²) in [4.78, 5) is 60.0. The van der Waals surface area contributed by atoms with Gasteiger partial charge in [0.15, 0.2) is 5.82 Å². The van der Waals surface area contributed by atoms with Gasteiger partial charge in [0.2, 0.25) is 11.9 Å². The summed E-state index contributed by atoms with van der Waals surface area (Å²) < 4.78 is 72.0. The van der Waals surface area contributed by atoms with Gasteiger partial charge in [0.1, 0.15) is 16.3 Å². The van der Waals surface area contributed by atoms with Crippen LogP contribution >= 0.6 is 11.6 Å². The second-order valence-corrected chi connectivity index (χ2v) is 12.1. The van der Waals surface area contributed by atoms with E-state index < -0.39 is 23.9 Å². The maximum Gasteiger partial charge on any atom is 0.458 e. The minimum absolute atomic E-state index is 0.0746. The molecular formula is C32H27ClF6N8O5. The number of nitrogens with one attached hydrogen (secondary N) is 3. The molecule has 2 aliphatic rings. The van der Waals surface area contributed by atoms with Crippen LogP contribution in [0.15, 0.2) is 53.6 Å². The lowest BCUT2D eigenvalue weighted by Crippen LogP contribution is -2.39. The Balaban J connectivity index is 0.000000376. The van der Waals surface area contributed by atoms with Gasteiger partial charge >= 0.3 is 23.9 Å². The zero-order chi connectivity index (χ0) is 37.8. The monoisotopic (exact) mass is 752 g/mol. The van der Waals surface area contributed by atoms with E-state index in [1.807, 2.05) is 30.5 Å². The number of ketones is 2. The number of nitrogens with zero attached hydrogens (tertiary/aromatic N) is 5. The van der Waals surface area contributed by atoms with E-state index >= 15 is 0 Å². The molecule has 2 amide bonds. The van der Waals surface area contributed by atoms with E-state index in [1.54, 1.807) is 18.0 Å². The van der Waals surface area contributed by atoms with Crippen LogP contribution < -0.4 is 16.0 Å². The fourth-order valence-electron chi connectivity index (χ4n) is 5.33. The molecule has 4 aromatic rings. The highest BCUT2D eigenvalue weighted by Gasteiger charge is 2.54. The highest BCUT2D eigenvalue weighted by molar-refractivity contribution is 6.41. The van der Waals surface area contributed by atoms with Crippen molar-refractivity contribution in [1.29, 1.82) is 0 Å². The molecule has 0 unspecified atom stereocenters. The molecule has 2 aliphatic heterocycles. The number of anilines is 5. The van der Waals surface area contributed by atoms with Gasteiger partial charge in [0.25, 0.3) is 5.91 Å². The molecule has 52 heavy (non-hydrogen) atoms. The highest BCUT2D eigenvalue weighted by Crippen LogP contribution is 2.30. The van der Waals surface area contributed by atoms with Crippen molar-refractivity contribution >= 4 is 63.8 Å². The summed E-state index contributed by atoms with van der Waals surface area (Å²) in [5.74, 6) is -5.57. The molecule has 20 heteroatoms. The van der Waals surface area contributed by atoms with E-state index in [0.29, 0.717) is 54.0 Å². The molecule has 0 saturated carbocycles. The summed E-state index contributed by atoms with van der Waals surface area (Å²) in [6, 6.07) is 7.76. The molecule has 3 aromatic heterocycles. The average Bonchev–Trinajstić information content (AvgIpc) is 3.73. The van der Waals surface area contributed by atoms with Crippen LogP contribution in [0.4, 0.5) is 55.2 Å². The Morgan fingerprint density at radius 3 is 2.37 bits per heavy atom. The Kier molecular flexibility index (Phi) is 11.1. The van der Waals surface area contributed by atoms with E-state index in [1.165, 1.54) is 12.4 Å². The summed E-state index contributed by atoms with van der Waals surface area (Å²) in [6.07, 6.45) is -2.54. The number of halogens is 7. The van der Waals surface area contributed by atoms with Crippen molar-refractivity contribution in [1.82, 2.24) is 25.0 Å². The van der Waals surface area contributed by atoms with Crippen molar-refractivity contribution < 1.29 is 50.0 Å². The normalized spacial score (nSPS) is 15.4. The Morgan fingerprint density at radius 1 is 0.962 bits per heavy atom. The zero-order valence-corrected chi connectivity index (χ0v) is 27.6. The molecule has 1 fully saturated rings. The number of hydrogen-bond acceptors (Lipinski definition) is 11. The largest absolute Gasteiger partial charge is 0.458 e. The van der Waals surface area contributed by atoms with E-state index in [0.717, 1.165) is 41.0 Å². The van der Waals surface area contributed by atoms with E-state index in [4.69, 9.17) is 16.1 Å². The molecule has 0 spiro atoms. The molecular weight excluding hydrogens is 726 g/mol.